The molecular formula is C3H2FNOS. The van der Waals surface area contributed by atoms with Gasteiger partial charge in [0.1, 0.15) is 0 Å². The molecular weight excluding hydrogens is 117 g/mol. The molecule has 0 aromatic rings. The molecule has 0 rings (SSSR count). The van der Waals surface area contributed by atoms with E-state index in [1.54, 1.807) is 5.16 Å². The summed E-state index contributed by atoms with van der Waals surface area (Å²) in [6.07, 6.45) is 0. The van der Waals surface area contributed by atoms with Crippen LogP contribution in [-0.2, 0) is 4.79 Å². The van der Waals surface area contributed by atoms with Crippen molar-refractivity contribution in [3.8, 4) is 0 Å². The maximum absolute atomic E-state index is 11.0. The van der Waals surface area contributed by atoms with Gasteiger partial charge in [-0.2, -0.15) is 4.99 Å². The molecule has 0 unspecified atom stereocenters. The molecule has 0 heterocycles. The number of rotatable bonds is 1. The third kappa shape index (κ3) is 3.22. The highest BCUT2D eigenvalue weighted by Crippen LogP contribution is 1.71. The SMILES string of the molecule is O=C(CF)N=C=S. The Hall–Kier alpha value is -0.600. The van der Waals surface area contributed by atoms with E-state index in [9.17, 15) is 9.18 Å². The number of amides is 1. The number of carbonyl (C=O) groups is 1. The highest BCUT2D eigenvalue weighted by atomic mass is 32.1. The van der Waals surface area contributed by atoms with Crippen LogP contribution in [0.25, 0.3) is 0 Å². The second-order valence-corrected chi connectivity index (χ2v) is 0.913. The van der Waals surface area contributed by atoms with Gasteiger partial charge in [0.25, 0.3) is 5.91 Å². The van der Waals surface area contributed by atoms with Gasteiger partial charge in [-0.3, -0.25) is 4.79 Å². The minimum Gasteiger partial charge on any atom is -0.269 e. The predicted octanol–water partition coefficient (Wildman–Crippen LogP) is 0.585. The smallest absolute Gasteiger partial charge is 0.269 e. The van der Waals surface area contributed by atoms with Gasteiger partial charge in [-0.1, -0.05) is 0 Å². The average molecular weight is 119 g/mol. The van der Waals surface area contributed by atoms with Crippen LogP contribution in [0.3, 0.4) is 0 Å². The predicted molar refractivity (Wildman–Crippen MR) is 26.0 cm³/mol. The van der Waals surface area contributed by atoms with Gasteiger partial charge in [-0.05, 0) is 12.2 Å². The first kappa shape index (κ1) is 6.40. The van der Waals surface area contributed by atoms with Gasteiger partial charge in [-0.25, -0.2) is 4.39 Å². The lowest BCUT2D eigenvalue weighted by Crippen LogP contribution is -1.91. The molecule has 0 aromatic carbocycles. The van der Waals surface area contributed by atoms with Gasteiger partial charge >= 0.3 is 0 Å². The van der Waals surface area contributed by atoms with Crippen molar-refractivity contribution in [3.63, 3.8) is 0 Å². The van der Waals surface area contributed by atoms with E-state index in [1.165, 1.54) is 0 Å². The van der Waals surface area contributed by atoms with Gasteiger partial charge in [0.05, 0.1) is 5.16 Å². The largest absolute Gasteiger partial charge is 0.285 e. The normalized spacial score (nSPS) is 7.00. The number of hydrogen-bond acceptors (Lipinski definition) is 2. The molecule has 0 radical (unpaired) electrons. The Morgan fingerprint density at radius 3 is 2.71 bits per heavy atom. The standard InChI is InChI=1S/C3H2FNOS/c4-1-3(6)5-2-7/h1H2. The summed E-state index contributed by atoms with van der Waals surface area (Å²) in [6, 6.07) is 0. The molecule has 1 amide bonds. The summed E-state index contributed by atoms with van der Waals surface area (Å²) in [4.78, 5) is 12.5. The van der Waals surface area contributed by atoms with Crippen molar-refractivity contribution in [3.05, 3.63) is 0 Å². The minimum atomic E-state index is -1.09. The molecule has 0 N–H and O–H groups in total. The molecule has 0 bridgehead atoms. The van der Waals surface area contributed by atoms with Crippen molar-refractivity contribution in [2.45, 2.75) is 0 Å². The molecule has 0 aromatic heterocycles. The quantitative estimate of drug-likeness (QED) is 0.373. The molecule has 38 valence electrons. The average Bonchev–Trinajstić information content (AvgIpc) is 1.68. The van der Waals surface area contributed by atoms with E-state index in [0.29, 0.717) is 0 Å². The Morgan fingerprint density at radius 1 is 2.00 bits per heavy atom. The summed E-state index contributed by atoms with van der Waals surface area (Å²) < 4.78 is 11.0. The number of halogens is 1. The van der Waals surface area contributed by atoms with Crippen LogP contribution in [0.5, 0.6) is 0 Å². The number of nitrogens with zero attached hydrogens (tertiary/aromatic N) is 1. The van der Waals surface area contributed by atoms with Gasteiger partial charge in [0.2, 0.25) is 0 Å². The van der Waals surface area contributed by atoms with Crippen LogP contribution < -0.4 is 0 Å². The summed E-state index contributed by atoms with van der Waals surface area (Å²) >= 11 is 3.99. The van der Waals surface area contributed by atoms with Crippen LogP contribution in [0.2, 0.25) is 0 Å². The number of aliphatic imine (C=N–C) groups is 1. The fourth-order valence-electron chi connectivity index (χ4n) is 0.0808. The Morgan fingerprint density at radius 2 is 2.57 bits per heavy atom. The maximum atomic E-state index is 11.0. The number of thiocarbonyl (C=S) groups is 1. The molecule has 0 saturated heterocycles. The van der Waals surface area contributed by atoms with Crippen molar-refractivity contribution < 1.29 is 9.18 Å². The first-order valence-electron chi connectivity index (χ1n) is 1.48. The summed E-state index contributed by atoms with van der Waals surface area (Å²) in [5.41, 5.74) is 0. The van der Waals surface area contributed by atoms with Crippen molar-refractivity contribution >= 4 is 23.3 Å². The van der Waals surface area contributed by atoms with Gasteiger partial charge in [0.15, 0.2) is 6.67 Å². The summed E-state index contributed by atoms with van der Waals surface area (Å²) in [5, 5.41) is 1.74. The monoisotopic (exact) mass is 119 g/mol. The Bertz CT molecular complexity index is 118. The van der Waals surface area contributed by atoms with Crippen LogP contribution in [-0.4, -0.2) is 17.7 Å². The van der Waals surface area contributed by atoms with E-state index in [1.807, 2.05) is 0 Å². The minimum absolute atomic E-state index is 0.880. The molecule has 4 heteroatoms. The highest BCUT2D eigenvalue weighted by Gasteiger charge is 1.90. The molecule has 0 fully saturated rings. The zero-order valence-corrected chi connectivity index (χ0v) is 4.17. The third-order valence-electron chi connectivity index (χ3n) is 0.285. The van der Waals surface area contributed by atoms with Gasteiger partial charge < -0.3 is 0 Å². The highest BCUT2D eigenvalue weighted by molar-refractivity contribution is 7.78. The van der Waals surface area contributed by atoms with Gasteiger partial charge in [0, 0.05) is 0 Å². The van der Waals surface area contributed by atoms with Crippen LogP contribution in [0.15, 0.2) is 4.99 Å². The van der Waals surface area contributed by atoms with E-state index in [-0.39, 0.29) is 0 Å². The number of isothiocyanates is 1. The number of carbonyl (C=O) groups excluding carboxylic acids is 1. The molecule has 0 spiro atoms. The lowest BCUT2D eigenvalue weighted by atomic mass is 10.7. The van der Waals surface area contributed by atoms with Gasteiger partial charge in [-0.15, -0.1) is 0 Å². The first-order chi connectivity index (χ1) is 3.31. The van der Waals surface area contributed by atoms with E-state index in [0.717, 1.165) is 0 Å². The lowest BCUT2D eigenvalue weighted by Gasteiger charge is -1.71. The summed E-state index contributed by atoms with van der Waals surface area (Å²) in [7, 11) is 0. The number of hydrogen-bond donors (Lipinski definition) is 0. The van der Waals surface area contributed by atoms with Crippen LogP contribution in [0.1, 0.15) is 0 Å². The maximum Gasteiger partial charge on any atom is 0.285 e. The summed E-state index contributed by atoms with van der Waals surface area (Å²) in [5.74, 6) is -0.880. The molecule has 0 atom stereocenters. The Labute approximate surface area is 45.1 Å². The zero-order valence-electron chi connectivity index (χ0n) is 3.35. The van der Waals surface area contributed by atoms with Crippen molar-refractivity contribution in [2.75, 3.05) is 6.67 Å². The molecule has 7 heavy (non-hydrogen) atoms. The van der Waals surface area contributed by atoms with Crippen molar-refractivity contribution in [1.29, 1.82) is 0 Å². The Balaban J connectivity index is 3.58. The fourth-order valence-corrected chi connectivity index (χ4v) is 0.183. The van der Waals surface area contributed by atoms with E-state index >= 15 is 0 Å². The third-order valence-corrected chi connectivity index (χ3v) is 0.376. The number of alkyl halides is 1. The van der Waals surface area contributed by atoms with Crippen LogP contribution in [0, 0.1) is 0 Å². The second kappa shape index (κ2) is 3.59. The van der Waals surface area contributed by atoms with E-state index in [2.05, 4.69) is 17.2 Å². The molecule has 0 aliphatic rings. The van der Waals surface area contributed by atoms with Crippen molar-refractivity contribution in [1.82, 2.24) is 0 Å². The first-order valence-corrected chi connectivity index (χ1v) is 1.88. The van der Waals surface area contributed by atoms with Crippen LogP contribution >= 0.6 is 12.2 Å². The second-order valence-electron chi connectivity index (χ2n) is 0.730. The zero-order chi connectivity index (χ0) is 5.70. The van der Waals surface area contributed by atoms with Crippen LogP contribution in [0.4, 0.5) is 4.39 Å². The molecule has 0 aliphatic carbocycles. The molecule has 0 saturated carbocycles. The molecule has 2 nitrogen and oxygen atoms in total. The topological polar surface area (TPSA) is 29.4 Å². The van der Waals surface area contributed by atoms with Crippen molar-refractivity contribution in [2.24, 2.45) is 4.99 Å². The van der Waals surface area contributed by atoms with E-state index in [4.69, 9.17) is 0 Å². The molecule has 0 aliphatic heterocycles. The lowest BCUT2D eigenvalue weighted by molar-refractivity contribution is -0.118. The Kier molecular flexibility index (Phi) is 3.28. The fraction of sp³-hybridized carbons (Fsp3) is 0.333. The van der Waals surface area contributed by atoms with E-state index < -0.39 is 12.6 Å². The summed E-state index contributed by atoms with van der Waals surface area (Å²) in [6.45, 7) is -1.09.